The molecule has 0 bridgehead atoms. The monoisotopic (exact) mass is 306 g/mol. The zero-order valence-electron chi connectivity index (χ0n) is 14.9. The van der Waals surface area contributed by atoms with E-state index in [1.54, 1.807) is 11.1 Å². The Labute approximate surface area is 136 Å². The Morgan fingerprint density at radius 1 is 1.09 bits per heavy atom. The first-order valence-corrected chi connectivity index (χ1v) is 9.23. The summed E-state index contributed by atoms with van der Waals surface area (Å²) in [5.74, 6) is 0.819. The molecule has 0 aliphatic heterocycles. The smallest absolute Gasteiger partial charge is 0.0827 e. The van der Waals surface area contributed by atoms with Gasteiger partial charge in [-0.15, -0.1) is 0 Å². The van der Waals surface area contributed by atoms with Crippen LogP contribution in [0.15, 0.2) is 11.1 Å². The number of aliphatic hydroxyl groups excluding tert-OH is 2. The molecule has 0 radical (unpaired) electrons. The first-order chi connectivity index (χ1) is 10.2. The zero-order valence-corrected chi connectivity index (χ0v) is 14.9. The van der Waals surface area contributed by atoms with Gasteiger partial charge in [0.15, 0.2) is 0 Å². The van der Waals surface area contributed by atoms with E-state index in [2.05, 4.69) is 27.7 Å². The maximum Gasteiger partial charge on any atom is 0.0827 e. The first kappa shape index (κ1) is 16.5. The summed E-state index contributed by atoms with van der Waals surface area (Å²) in [5.41, 5.74) is 4.09. The van der Waals surface area contributed by atoms with Crippen LogP contribution >= 0.6 is 0 Å². The van der Waals surface area contributed by atoms with E-state index in [0.717, 1.165) is 25.2 Å². The fourth-order valence-corrected chi connectivity index (χ4v) is 6.21. The molecule has 4 atom stereocenters. The van der Waals surface area contributed by atoms with Gasteiger partial charge in [-0.2, -0.15) is 0 Å². The minimum absolute atomic E-state index is 0.105. The van der Waals surface area contributed by atoms with Crippen LogP contribution in [0.3, 0.4) is 0 Å². The van der Waals surface area contributed by atoms with Crippen molar-refractivity contribution in [3.63, 3.8) is 0 Å². The summed E-state index contributed by atoms with van der Waals surface area (Å²) in [7, 11) is 0. The normalized spacial score (nSPS) is 42.5. The molecule has 126 valence electrons. The van der Waals surface area contributed by atoms with Gasteiger partial charge in [-0.05, 0) is 67.1 Å². The predicted molar refractivity (Wildman–Crippen MR) is 90.5 cm³/mol. The van der Waals surface area contributed by atoms with Gasteiger partial charge in [0.1, 0.15) is 0 Å². The van der Waals surface area contributed by atoms with Crippen molar-refractivity contribution in [1.82, 2.24) is 0 Å². The third kappa shape index (κ3) is 2.38. The number of hydrogen-bond donors (Lipinski definition) is 2. The van der Waals surface area contributed by atoms with Crippen LogP contribution in [0.2, 0.25) is 0 Å². The summed E-state index contributed by atoms with van der Waals surface area (Å²) in [6.45, 7) is 9.54. The van der Waals surface area contributed by atoms with Crippen LogP contribution in [-0.4, -0.2) is 22.9 Å². The molecule has 0 aromatic carbocycles. The molecule has 1 unspecified atom stereocenters. The van der Waals surface area contributed by atoms with Gasteiger partial charge >= 0.3 is 0 Å². The molecule has 0 aromatic rings. The lowest BCUT2D eigenvalue weighted by atomic mass is 9.48. The molecule has 0 spiro atoms. The Morgan fingerprint density at radius 3 is 2.50 bits per heavy atom. The lowest BCUT2D eigenvalue weighted by Gasteiger charge is -2.57. The molecule has 2 heteroatoms. The fourth-order valence-electron chi connectivity index (χ4n) is 6.21. The van der Waals surface area contributed by atoms with E-state index in [-0.39, 0.29) is 12.0 Å². The van der Waals surface area contributed by atoms with Gasteiger partial charge in [-0.25, -0.2) is 0 Å². The van der Waals surface area contributed by atoms with Gasteiger partial charge in [-0.3, -0.25) is 0 Å². The van der Waals surface area contributed by atoms with Crippen molar-refractivity contribution in [3.8, 4) is 0 Å². The van der Waals surface area contributed by atoms with E-state index in [4.69, 9.17) is 0 Å². The summed E-state index contributed by atoms with van der Waals surface area (Å²) in [6.07, 6.45) is 9.17. The number of allylic oxidation sites excluding steroid dienone is 2. The molecule has 0 amide bonds. The molecular formula is C20H34O2. The van der Waals surface area contributed by atoms with E-state index in [1.165, 1.54) is 32.1 Å². The third-order valence-electron chi connectivity index (χ3n) is 7.62. The minimum Gasteiger partial charge on any atom is -0.394 e. The molecular weight excluding hydrogens is 272 g/mol. The van der Waals surface area contributed by atoms with E-state index >= 15 is 0 Å². The molecule has 3 rings (SSSR count). The summed E-state index contributed by atoms with van der Waals surface area (Å²) in [5, 5.41) is 19.6. The Balaban J connectivity index is 1.93. The second-order valence-electron chi connectivity index (χ2n) is 9.46. The standard InChI is InChI=1S/C20H34O2/c1-18(2)9-5-10-20(4)15-8-11-19(3,17(22)13-21)12-14(15)6-7-16(18)20/h16-17,21-22H,5-13H2,1-4H3/t16-,17?,19-,20+/m0/s1. The number of rotatable bonds is 2. The lowest BCUT2D eigenvalue weighted by molar-refractivity contribution is -0.0295. The van der Waals surface area contributed by atoms with Crippen LogP contribution < -0.4 is 0 Å². The van der Waals surface area contributed by atoms with E-state index in [1.807, 2.05) is 0 Å². The molecule has 1 fully saturated rings. The van der Waals surface area contributed by atoms with Crippen molar-refractivity contribution in [2.45, 2.75) is 85.2 Å². The van der Waals surface area contributed by atoms with Crippen molar-refractivity contribution in [2.24, 2.45) is 22.2 Å². The highest BCUT2D eigenvalue weighted by atomic mass is 16.3. The second kappa shape index (κ2) is 5.34. The summed E-state index contributed by atoms with van der Waals surface area (Å²) >= 11 is 0. The van der Waals surface area contributed by atoms with Crippen LogP contribution in [0, 0.1) is 22.2 Å². The maximum absolute atomic E-state index is 10.2. The zero-order chi connectivity index (χ0) is 16.2. The van der Waals surface area contributed by atoms with E-state index in [0.29, 0.717) is 10.8 Å². The average Bonchev–Trinajstić information content (AvgIpc) is 2.45. The average molecular weight is 306 g/mol. The highest BCUT2D eigenvalue weighted by Gasteiger charge is 2.52. The van der Waals surface area contributed by atoms with Crippen LogP contribution in [0.4, 0.5) is 0 Å². The largest absolute Gasteiger partial charge is 0.394 e. The van der Waals surface area contributed by atoms with Crippen LogP contribution in [0.1, 0.15) is 79.1 Å². The Hall–Kier alpha value is -0.340. The molecule has 0 aromatic heterocycles. The molecule has 22 heavy (non-hydrogen) atoms. The van der Waals surface area contributed by atoms with E-state index in [9.17, 15) is 10.2 Å². The van der Waals surface area contributed by atoms with E-state index < -0.39 is 6.10 Å². The third-order valence-corrected chi connectivity index (χ3v) is 7.62. The quantitative estimate of drug-likeness (QED) is 0.740. The molecule has 0 heterocycles. The molecule has 2 N–H and O–H groups in total. The number of fused-ring (bicyclic) bond motifs is 2. The van der Waals surface area contributed by atoms with Crippen molar-refractivity contribution >= 4 is 0 Å². The molecule has 1 saturated carbocycles. The van der Waals surface area contributed by atoms with Gasteiger partial charge in [-0.1, -0.05) is 45.3 Å². The first-order valence-electron chi connectivity index (χ1n) is 9.23. The fraction of sp³-hybridized carbons (Fsp3) is 0.900. The summed E-state index contributed by atoms with van der Waals surface area (Å²) in [4.78, 5) is 0. The highest BCUT2D eigenvalue weighted by Crippen LogP contribution is 2.63. The highest BCUT2D eigenvalue weighted by molar-refractivity contribution is 5.31. The Bertz CT molecular complexity index is 478. The van der Waals surface area contributed by atoms with Crippen molar-refractivity contribution < 1.29 is 10.2 Å². The van der Waals surface area contributed by atoms with Gasteiger partial charge in [0.25, 0.3) is 0 Å². The van der Waals surface area contributed by atoms with Crippen molar-refractivity contribution in [3.05, 3.63) is 11.1 Å². The van der Waals surface area contributed by atoms with Gasteiger partial charge in [0, 0.05) is 0 Å². The van der Waals surface area contributed by atoms with Crippen molar-refractivity contribution in [2.75, 3.05) is 6.61 Å². The minimum atomic E-state index is -0.574. The van der Waals surface area contributed by atoms with Gasteiger partial charge < -0.3 is 10.2 Å². The van der Waals surface area contributed by atoms with Crippen LogP contribution in [-0.2, 0) is 0 Å². The van der Waals surface area contributed by atoms with Gasteiger partial charge in [0.2, 0.25) is 0 Å². The van der Waals surface area contributed by atoms with Crippen LogP contribution in [0.5, 0.6) is 0 Å². The number of hydrogen-bond acceptors (Lipinski definition) is 2. The number of aliphatic hydroxyl groups is 2. The Morgan fingerprint density at radius 2 is 1.82 bits per heavy atom. The van der Waals surface area contributed by atoms with Gasteiger partial charge in [0.05, 0.1) is 12.7 Å². The molecule has 2 nitrogen and oxygen atoms in total. The summed E-state index contributed by atoms with van der Waals surface area (Å²) in [6, 6.07) is 0. The molecule has 0 saturated heterocycles. The lowest BCUT2D eigenvalue weighted by Crippen LogP contribution is -2.48. The topological polar surface area (TPSA) is 40.5 Å². The Kier molecular flexibility index (Phi) is 4.01. The predicted octanol–water partition coefficient (Wildman–Crippen LogP) is 4.45. The second-order valence-corrected chi connectivity index (χ2v) is 9.46. The van der Waals surface area contributed by atoms with Crippen LogP contribution in [0.25, 0.3) is 0 Å². The van der Waals surface area contributed by atoms with Crippen molar-refractivity contribution in [1.29, 1.82) is 0 Å². The maximum atomic E-state index is 10.2. The SMILES string of the molecule is CC1(C)CCC[C@]2(C)C3=C(CC[C@@H]12)C[C@@](C)(C(O)CO)CC3. The summed E-state index contributed by atoms with van der Waals surface area (Å²) < 4.78 is 0. The molecule has 3 aliphatic carbocycles. The molecule has 3 aliphatic rings.